The van der Waals surface area contributed by atoms with Crippen molar-refractivity contribution in [2.24, 2.45) is 17.0 Å². The van der Waals surface area contributed by atoms with Gasteiger partial charge in [0.1, 0.15) is 0 Å². The van der Waals surface area contributed by atoms with E-state index in [4.69, 9.17) is 10.3 Å². The van der Waals surface area contributed by atoms with Gasteiger partial charge >= 0.3 is 5.97 Å². The summed E-state index contributed by atoms with van der Waals surface area (Å²) >= 11 is 0. The largest absolute Gasteiger partial charge is 0.481 e. The second-order valence-electron chi connectivity index (χ2n) is 2.82. The minimum atomic E-state index is -0.729. The van der Waals surface area contributed by atoms with Gasteiger partial charge in [-0.05, 0) is 25.2 Å². The molecule has 0 spiro atoms. The van der Waals surface area contributed by atoms with Crippen LogP contribution in [0, 0.1) is 11.8 Å². The van der Waals surface area contributed by atoms with Crippen molar-refractivity contribution in [3.63, 3.8) is 0 Å². The van der Waals surface area contributed by atoms with Gasteiger partial charge in [-0.2, -0.15) is 0 Å². The first kappa shape index (κ1) is 8.04. The fraction of sp³-hybridized carbons (Fsp3) is 0.714. The Bertz CT molecular complexity index is 179. The Kier molecular flexibility index (Phi) is 2.46. The number of carboxylic acids is 1. The molecule has 0 aromatic heterocycles. The van der Waals surface area contributed by atoms with Crippen molar-refractivity contribution in [1.29, 1.82) is 0 Å². The van der Waals surface area contributed by atoms with Crippen LogP contribution in [0.1, 0.15) is 19.3 Å². The number of rotatable bonds is 3. The summed E-state index contributed by atoms with van der Waals surface area (Å²) in [6, 6.07) is 0. The Morgan fingerprint density at radius 2 is 2.36 bits per heavy atom. The standard InChI is InChI=1S/C7H11NO3/c9-7(10)6-2-1-5(6)3-4-8-11/h4-6,11H,1-3H2,(H,9,10)/b8-4+. The summed E-state index contributed by atoms with van der Waals surface area (Å²) in [5.74, 6) is -0.760. The lowest BCUT2D eigenvalue weighted by molar-refractivity contribution is -0.147. The Hall–Kier alpha value is -1.06. The third-order valence-corrected chi connectivity index (χ3v) is 2.22. The third-order valence-electron chi connectivity index (χ3n) is 2.22. The van der Waals surface area contributed by atoms with Crippen LogP contribution in [0.5, 0.6) is 0 Å². The van der Waals surface area contributed by atoms with E-state index in [9.17, 15) is 4.79 Å². The molecule has 2 atom stereocenters. The number of aliphatic carboxylic acids is 1. The minimum absolute atomic E-state index is 0.184. The van der Waals surface area contributed by atoms with E-state index in [1.807, 2.05) is 0 Å². The van der Waals surface area contributed by atoms with Crippen LogP contribution < -0.4 is 0 Å². The fourth-order valence-corrected chi connectivity index (χ4v) is 1.36. The molecule has 11 heavy (non-hydrogen) atoms. The maximum Gasteiger partial charge on any atom is 0.306 e. The molecular weight excluding hydrogens is 146 g/mol. The van der Waals surface area contributed by atoms with E-state index in [0.29, 0.717) is 6.42 Å². The van der Waals surface area contributed by atoms with Gasteiger partial charge in [0.25, 0.3) is 0 Å². The lowest BCUT2D eigenvalue weighted by atomic mass is 9.72. The van der Waals surface area contributed by atoms with Crippen LogP contribution in [0.25, 0.3) is 0 Å². The van der Waals surface area contributed by atoms with E-state index in [1.165, 1.54) is 6.21 Å². The summed E-state index contributed by atoms with van der Waals surface area (Å²) in [4.78, 5) is 10.4. The first-order valence-corrected chi connectivity index (χ1v) is 3.64. The zero-order chi connectivity index (χ0) is 8.27. The van der Waals surface area contributed by atoms with Crippen LogP contribution in [0.2, 0.25) is 0 Å². The predicted octanol–water partition coefficient (Wildman–Crippen LogP) is 0.947. The summed E-state index contributed by atoms with van der Waals surface area (Å²) in [7, 11) is 0. The van der Waals surface area contributed by atoms with Gasteiger partial charge in [-0.3, -0.25) is 4.79 Å². The van der Waals surface area contributed by atoms with Crippen molar-refractivity contribution in [2.75, 3.05) is 0 Å². The molecule has 1 rings (SSSR count). The number of oxime groups is 1. The van der Waals surface area contributed by atoms with Gasteiger partial charge in [-0.25, -0.2) is 0 Å². The van der Waals surface area contributed by atoms with Crippen LogP contribution in [-0.2, 0) is 4.79 Å². The highest BCUT2D eigenvalue weighted by Crippen LogP contribution is 2.36. The molecule has 0 aromatic carbocycles. The number of carboxylic acid groups (broad SMARTS) is 1. The molecule has 0 amide bonds. The van der Waals surface area contributed by atoms with Crippen LogP contribution in [0.4, 0.5) is 0 Å². The minimum Gasteiger partial charge on any atom is -0.481 e. The van der Waals surface area contributed by atoms with Gasteiger partial charge in [-0.15, -0.1) is 5.16 Å². The van der Waals surface area contributed by atoms with E-state index >= 15 is 0 Å². The Labute approximate surface area is 64.5 Å². The first-order chi connectivity index (χ1) is 5.25. The predicted molar refractivity (Wildman–Crippen MR) is 38.7 cm³/mol. The number of hydrogen-bond acceptors (Lipinski definition) is 3. The molecular formula is C7H11NO3. The zero-order valence-corrected chi connectivity index (χ0v) is 6.10. The average molecular weight is 157 g/mol. The molecule has 0 saturated heterocycles. The average Bonchev–Trinajstić information content (AvgIpc) is 1.84. The molecule has 1 fully saturated rings. The second-order valence-corrected chi connectivity index (χ2v) is 2.82. The quantitative estimate of drug-likeness (QED) is 0.364. The monoisotopic (exact) mass is 157 g/mol. The van der Waals surface area contributed by atoms with Gasteiger partial charge in [0.05, 0.1) is 5.92 Å². The summed E-state index contributed by atoms with van der Waals surface area (Å²) in [5, 5.41) is 19.5. The third kappa shape index (κ3) is 1.69. The molecule has 2 N–H and O–H groups in total. The molecule has 4 heteroatoms. The topological polar surface area (TPSA) is 69.9 Å². The lowest BCUT2D eigenvalue weighted by Crippen LogP contribution is -2.32. The maximum absolute atomic E-state index is 10.4. The molecule has 1 aliphatic carbocycles. The van der Waals surface area contributed by atoms with Crippen molar-refractivity contribution in [3.8, 4) is 0 Å². The van der Waals surface area contributed by atoms with Gasteiger partial charge < -0.3 is 10.3 Å². The van der Waals surface area contributed by atoms with Crippen LogP contribution in [0.3, 0.4) is 0 Å². The number of carbonyl (C=O) groups is 1. The fourth-order valence-electron chi connectivity index (χ4n) is 1.36. The molecule has 0 aliphatic heterocycles. The molecule has 0 heterocycles. The summed E-state index contributed by atoms with van der Waals surface area (Å²) in [5.41, 5.74) is 0. The van der Waals surface area contributed by atoms with Crippen molar-refractivity contribution in [3.05, 3.63) is 0 Å². The van der Waals surface area contributed by atoms with E-state index < -0.39 is 5.97 Å². The molecule has 1 aliphatic rings. The van der Waals surface area contributed by atoms with Crippen molar-refractivity contribution in [1.82, 2.24) is 0 Å². The SMILES string of the molecule is O=C(O)C1CCC1C/C=N/O. The molecule has 2 unspecified atom stereocenters. The molecule has 0 radical (unpaired) electrons. The number of nitrogens with zero attached hydrogens (tertiary/aromatic N) is 1. The van der Waals surface area contributed by atoms with Crippen LogP contribution in [-0.4, -0.2) is 22.5 Å². The highest BCUT2D eigenvalue weighted by atomic mass is 16.4. The Morgan fingerprint density at radius 3 is 2.73 bits per heavy atom. The van der Waals surface area contributed by atoms with Crippen LogP contribution in [0.15, 0.2) is 5.16 Å². The van der Waals surface area contributed by atoms with Gasteiger partial charge in [0.15, 0.2) is 0 Å². The highest BCUT2D eigenvalue weighted by molar-refractivity contribution is 5.72. The summed E-state index contributed by atoms with van der Waals surface area (Å²) in [6.45, 7) is 0. The maximum atomic E-state index is 10.4. The smallest absolute Gasteiger partial charge is 0.306 e. The molecule has 62 valence electrons. The molecule has 1 saturated carbocycles. The van der Waals surface area contributed by atoms with E-state index in [0.717, 1.165) is 12.8 Å². The van der Waals surface area contributed by atoms with E-state index in [-0.39, 0.29) is 11.8 Å². The second kappa shape index (κ2) is 3.37. The zero-order valence-electron chi connectivity index (χ0n) is 6.10. The lowest BCUT2D eigenvalue weighted by Gasteiger charge is -2.31. The molecule has 4 nitrogen and oxygen atoms in total. The van der Waals surface area contributed by atoms with E-state index in [2.05, 4.69) is 5.16 Å². The Balaban J connectivity index is 2.31. The highest BCUT2D eigenvalue weighted by Gasteiger charge is 2.35. The number of hydrogen-bond donors (Lipinski definition) is 2. The normalized spacial score (nSPS) is 30.2. The molecule has 0 aromatic rings. The van der Waals surface area contributed by atoms with Gasteiger partial charge in [0.2, 0.25) is 0 Å². The van der Waals surface area contributed by atoms with Crippen molar-refractivity contribution >= 4 is 12.2 Å². The van der Waals surface area contributed by atoms with Gasteiger partial charge in [-0.1, -0.05) is 0 Å². The Morgan fingerprint density at radius 1 is 1.64 bits per heavy atom. The van der Waals surface area contributed by atoms with Gasteiger partial charge in [0, 0.05) is 6.21 Å². The summed E-state index contributed by atoms with van der Waals surface area (Å²) < 4.78 is 0. The van der Waals surface area contributed by atoms with Crippen LogP contribution >= 0.6 is 0 Å². The van der Waals surface area contributed by atoms with E-state index in [1.54, 1.807) is 0 Å². The summed E-state index contributed by atoms with van der Waals surface area (Å²) in [6.07, 6.45) is 3.63. The van der Waals surface area contributed by atoms with Crippen molar-refractivity contribution in [2.45, 2.75) is 19.3 Å². The first-order valence-electron chi connectivity index (χ1n) is 3.64. The molecule has 0 bridgehead atoms. The van der Waals surface area contributed by atoms with Crippen molar-refractivity contribution < 1.29 is 15.1 Å².